The molecule has 1 aliphatic heterocycles. The van der Waals surface area contributed by atoms with Gasteiger partial charge < -0.3 is 10.1 Å². The summed E-state index contributed by atoms with van der Waals surface area (Å²) in [5.74, 6) is -1.02. The summed E-state index contributed by atoms with van der Waals surface area (Å²) in [7, 11) is 0. The van der Waals surface area contributed by atoms with Gasteiger partial charge in [0.15, 0.2) is 0 Å². The number of halogens is 2. The first-order valence-electron chi connectivity index (χ1n) is 7.49. The van der Waals surface area contributed by atoms with Gasteiger partial charge >= 0.3 is 0 Å². The Labute approximate surface area is 118 Å². The fourth-order valence-electron chi connectivity index (χ4n) is 3.46. The molecule has 110 valence electrons. The molecule has 1 aromatic carbocycles. The second-order valence-electron chi connectivity index (χ2n) is 6.04. The van der Waals surface area contributed by atoms with Gasteiger partial charge in [0, 0.05) is 24.7 Å². The van der Waals surface area contributed by atoms with Crippen LogP contribution < -0.4 is 5.32 Å². The Morgan fingerprint density at radius 3 is 2.75 bits per heavy atom. The SMILES string of the molecule is Fc1ccc(CNCC2CCC3(CCCC3)O2)c(F)c1. The second-order valence-corrected chi connectivity index (χ2v) is 6.04. The first-order valence-corrected chi connectivity index (χ1v) is 7.49. The van der Waals surface area contributed by atoms with Crippen molar-refractivity contribution in [1.82, 2.24) is 5.32 Å². The van der Waals surface area contributed by atoms with E-state index in [1.54, 1.807) is 0 Å². The Bertz CT molecular complexity index is 472. The van der Waals surface area contributed by atoms with Crippen molar-refractivity contribution in [2.45, 2.75) is 56.8 Å². The van der Waals surface area contributed by atoms with E-state index in [9.17, 15) is 8.78 Å². The Kier molecular flexibility index (Phi) is 4.03. The normalized spacial score (nSPS) is 24.6. The third-order valence-corrected chi connectivity index (χ3v) is 4.56. The highest BCUT2D eigenvalue weighted by Gasteiger charge is 2.41. The molecule has 2 nitrogen and oxygen atoms in total. The fraction of sp³-hybridized carbons (Fsp3) is 0.625. The van der Waals surface area contributed by atoms with Crippen LogP contribution in [0.15, 0.2) is 18.2 Å². The summed E-state index contributed by atoms with van der Waals surface area (Å²) in [6, 6.07) is 3.71. The van der Waals surface area contributed by atoms with E-state index in [0.29, 0.717) is 12.1 Å². The molecular weight excluding hydrogens is 260 g/mol. The number of benzene rings is 1. The van der Waals surface area contributed by atoms with Crippen molar-refractivity contribution in [3.63, 3.8) is 0 Å². The van der Waals surface area contributed by atoms with Gasteiger partial charge in [-0.05, 0) is 31.7 Å². The average molecular weight is 281 g/mol. The zero-order valence-corrected chi connectivity index (χ0v) is 11.6. The third-order valence-electron chi connectivity index (χ3n) is 4.56. The maximum absolute atomic E-state index is 13.5. The molecule has 1 N–H and O–H groups in total. The van der Waals surface area contributed by atoms with Gasteiger partial charge in [-0.3, -0.25) is 0 Å². The van der Waals surface area contributed by atoms with Gasteiger partial charge in [-0.25, -0.2) is 8.78 Å². The molecule has 1 aliphatic carbocycles. The number of hydrogen-bond donors (Lipinski definition) is 1. The highest BCUT2D eigenvalue weighted by molar-refractivity contribution is 5.18. The Balaban J connectivity index is 1.46. The Morgan fingerprint density at radius 1 is 1.20 bits per heavy atom. The van der Waals surface area contributed by atoms with E-state index in [2.05, 4.69) is 5.32 Å². The van der Waals surface area contributed by atoms with Crippen LogP contribution in [0.1, 0.15) is 44.1 Å². The number of nitrogens with one attached hydrogen (secondary N) is 1. The number of ether oxygens (including phenoxy) is 1. The standard InChI is InChI=1S/C16H21F2NO/c17-13-4-3-12(15(18)9-13)10-19-11-14-5-8-16(20-14)6-1-2-7-16/h3-4,9,14,19H,1-2,5-8,10-11H2. The van der Waals surface area contributed by atoms with Gasteiger partial charge in [0.2, 0.25) is 0 Å². The molecule has 1 unspecified atom stereocenters. The van der Waals surface area contributed by atoms with Crippen molar-refractivity contribution in [2.24, 2.45) is 0 Å². The molecule has 1 atom stereocenters. The number of rotatable bonds is 4. The fourth-order valence-corrected chi connectivity index (χ4v) is 3.46. The van der Waals surface area contributed by atoms with Crippen molar-refractivity contribution in [1.29, 1.82) is 0 Å². The average Bonchev–Trinajstić information content (AvgIpc) is 3.03. The summed E-state index contributed by atoms with van der Waals surface area (Å²) in [6.45, 7) is 1.15. The van der Waals surface area contributed by atoms with Crippen LogP contribution in [-0.2, 0) is 11.3 Å². The lowest BCUT2D eigenvalue weighted by Gasteiger charge is -2.24. The number of hydrogen-bond acceptors (Lipinski definition) is 2. The van der Waals surface area contributed by atoms with Crippen LogP contribution in [0, 0.1) is 11.6 Å². The van der Waals surface area contributed by atoms with Crippen molar-refractivity contribution in [2.75, 3.05) is 6.54 Å². The smallest absolute Gasteiger partial charge is 0.130 e. The molecule has 0 aromatic heterocycles. The third kappa shape index (κ3) is 3.01. The summed E-state index contributed by atoms with van der Waals surface area (Å²) in [5, 5.41) is 3.22. The summed E-state index contributed by atoms with van der Waals surface area (Å²) < 4.78 is 32.5. The van der Waals surface area contributed by atoms with E-state index in [0.717, 1.165) is 25.5 Å². The monoisotopic (exact) mass is 281 g/mol. The van der Waals surface area contributed by atoms with Crippen molar-refractivity contribution in [3.8, 4) is 0 Å². The summed E-state index contributed by atoms with van der Waals surface area (Å²) in [4.78, 5) is 0. The van der Waals surface area contributed by atoms with Crippen LogP contribution in [-0.4, -0.2) is 18.2 Å². The lowest BCUT2D eigenvalue weighted by Crippen LogP contribution is -2.31. The van der Waals surface area contributed by atoms with Gasteiger partial charge in [0.05, 0.1) is 11.7 Å². The van der Waals surface area contributed by atoms with Crippen molar-refractivity contribution >= 4 is 0 Å². The van der Waals surface area contributed by atoms with Crippen LogP contribution in [0.4, 0.5) is 8.78 Å². The molecule has 0 bridgehead atoms. The molecule has 0 amide bonds. The summed E-state index contributed by atoms with van der Waals surface area (Å²) >= 11 is 0. The minimum Gasteiger partial charge on any atom is -0.370 e. The summed E-state index contributed by atoms with van der Waals surface area (Å²) in [6.07, 6.45) is 7.41. The van der Waals surface area contributed by atoms with Crippen LogP contribution >= 0.6 is 0 Å². The van der Waals surface area contributed by atoms with Crippen molar-refractivity contribution < 1.29 is 13.5 Å². The van der Waals surface area contributed by atoms with E-state index in [4.69, 9.17) is 4.74 Å². The lowest BCUT2D eigenvalue weighted by atomic mass is 9.98. The van der Waals surface area contributed by atoms with Gasteiger partial charge in [0.25, 0.3) is 0 Å². The second kappa shape index (κ2) is 5.78. The molecule has 2 aliphatic rings. The maximum atomic E-state index is 13.5. The molecule has 1 spiro atoms. The molecule has 1 saturated carbocycles. The molecule has 0 radical (unpaired) electrons. The van der Waals surface area contributed by atoms with E-state index < -0.39 is 11.6 Å². The lowest BCUT2D eigenvalue weighted by molar-refractivity contribution is -0.0352. The predicted octanol–water partition coefficient (Wildman–Crippen LogP) is 3.55. The van der Waals surface area contributed by atoms with E-state index in [1.807, 2.05) is 0 Å². The van der Waals surface area contributed by atoms with E-state index in [1.165, 1.54) is 37.8 Å². The Morgan fingerprint density at radius 2 is 2.00 bits per heavy atom. The zero-order chi connectivity index (χ0) is 14.0. The first-order chi connectivity index (χ1) is 9.67. The molecule has 20 heavy (non-hydrogen) atoms. The van der Waals surface area contributed by atoms with Crippen LogP contribution in [0.2, 0.25) is 0 Å². The molecule has 1 heterocycles. The van der Waals surface area contributed by atoms with Crippen LogP contribution in [0.5, 0.6) is 0 Å². The van der Waals surface area contributed by atoms with Crippen LogP contribution in [0.3, 0.4) is 0 Å². The molecule has 1 aromatic rings. The molecule has 3 rings (SSSR count). The topological polar surface area (TPSA) is 21.3 Å². The predicted molar refractivity (Wildman–Crippen MR) is 73.4 cm³/mol. The molecule has 2 fully saturated rings. The van der Waals surface area contributed by atoms with E-state index in [-0.39, 0.29) is 11.7 Å². The summed E-state index contributed by atoms with van der Waals surface area (Å²) in [5.41, 5.74) is 0.646. The quantitative estimate of drug-likeness (QED) is 0.911. The molecule has 4 heteroatoms. The minimum atomic E-state index is -0.534. The Hall–Kier alpha value is -1.00. The zero-order valence-electron chi connectivity index (χ0n) is 11.6. The molecule has 1 saturated heterocycles. The highest BCUT2D eigenvalue weighted by Crippen LogP contribution is 2.43. The van der Waals surface area contributed by atoms with Gasteiger partial charge in [0.1, 0.15) is 11.6 Å². The van der Waals surface area contributed by atoms with Crippen LogP contribution in [0.25, 0.3) is 0 Å². The highest BCUT2D eigenvalue weighted by atomic mass is 19.1. The van der Waals surface area contributed by atoms with Crippen molar-refractivity contribution in [3.05, 3.63) is 35.4 Å². The minimum absolute atomic E-state index is 0.146. The maximum Gasteiger partial charge on any atom is 0.130 e. The largest absolute Gasteiger partial charge is 0.370 e. The van der Waals surface area contributed by atoms with Gasteiger partial charge in [-0.15, -0.1) is 0 Å². The van der Waals surface area contributed by atoms with Gasteiger partial charge in [-0.1, -0.05) is 18.9 Å². The molecular formula is C16H21F2NO. The van der Waals surface area contributed by atoms with Gasteiger partial charge in [-0.2, -0.15) is 0 Å². The first kappa shape index (κ1) is 14.0. The van der Waals surface area contributed by atoms with E-state index >= 15 is 0 Å².